The van der Waals surface area contributed by atoms with Crippen molar-refractivity contribution >= 4 is 5.97 Å². The molecule has 0 bridgehead atoms. The summed E-state index contributed by atoms with van der Waals surface area (Å²) in [6, 6.07) is 0. The van der Waals surface area contributed by atoms with E-state index in [1.807, 2.05) is 0 Å². The Morgan fingerprint density at radius 1 is 1.00 bits per heavy atom. The summed E-state index contributed by atoms with van der Waals surface area (Å²) < 4.78 is 5.48. The van der Waals surface area contributed by atoms with E-state index in [1.165, 1.54) is 0 Å². The minimum atomic E-state index is -0.0453. The van der Waals surface area contributed by atoms with Crippen LogP contribution in [0.25, 0.3) is 0 Å². The number of hydrogen-bond acceptors (Lipinski definition) is 2. The van der Waals surface area contributed by atoms with Crippen molar-refractivity contribution in [2.24, 2.45) is 17.8 Å². The van der Waals surface area contributed by atoms with Crippen LogP contribution in [-0.4, -0.2) is 12.1 Å². The lowest BCUT2D eigenvalue weighted by Crippen LogP contribution is -2.28. The number of carbonyl (C=O) groups is 1. The Bertz CT molecular complexity index is 175. The SMILES string of the molecule is CC(C)CCC(=O)OC(C(C)C)C(C)C. The first-order valence-electron chi connectivity index (χ1n) is 6.04. The number of esters is 1. The Labute approximate surface area is 94.4 Å². The summed E-state index contributed by atoms with van der Waals surface area (Å²) in [6.07, 6.45) is 1.53. The minimum Gasteiger partial charge on any atom is -0.462 e. The molecule has 0 spiro atoms. The predicted molar refractivity (Wildman–Crippen MR) is 63.6 cm³/mol. The molecule has 0 unspecified atom stereocenters. The monoisotopic (exact) mass is 214 g/mol. The topological polar surface area (TPSA) is 26.3 Å². The van der Waals surface area contributed by atoms with Gasteiger partial charge in [0.2, 0.25) is 0 Å². The van der Waals surface area contributed by atoms with Gasteiger partial charge in [-0.15, -0.1) is 0 Å². The fourth-order valence-corrected chi connectivity index (χ4v) is 1.66. The zero-order valence-corrected chi connectivity index (χ0v) is 11.0. The Morgan fingerprint density at radius 2 is 1.47 bits per heavy atom. The van der Waals surface area contributed by atoms with Crippen LogP contribution < -0.4 is 0 Å². The highest BCUT2D eigenvalue weighted by Gasteiger charge is 2.21. The van der Waals surface area contributed by atoms with Gasteiger partial charge in [0.1, 0.15) is 6.10 Å². The van der Waals surface area contributed by atoms with Gasteiger partial charge >= 0.3 is 5.97 Å². The molecule has 0 amide bonds. The van der Waals surface area contributed by atoms with Gasteiger partial charge in [0.05, 0.1) is 0 Å². The van der Waals surface area contributed by atoms with Crippen molar-refractivity contribution in [2.75, 3.05) is 0 Å². The van der Waals surface area contributed by atoms with Gasteiger partial charge in [0.15, 0.2) is 0 Å². The maximum absolute atomic E-state index is 11.5. The zero-order valence-electron chi connectivity index (χ0n) is 11.0. The van der Waals surface area contributed by atoms with Crippen molar-refractivity contribution in [3.8, 4) is 0 Å². The van der Waals surface area contributed by atoms with E-state index in [2.05, 4.69) is 41.5 Å². The average Bonchev–Trinajstić information content (AvgIpc) is 2.09. The van der Waals surface area contributed by atoms with E-state index in [9.17, 15) is 4.79 Å². The number of carbonyl (C=O) groups excluding carboxylic acids is 1. The Balaban J connectivity index is 4.01. The van der Waals surface area contributed by atoms with Gasteiger partial charge in [0.25, 0.3) is 0 Å². The van der Waals surface area contributed by atoms with E-state index >= 15 is 0 Å². The maximum Gasteiger partial charge on any atom is 0.306 e. The number of ether oxygens (including phenoxy) is 1. The third-order valence-corrected chi connectivity index (χ3v) is 2.51. The predicted octanol–water partition coefficient (Wildman–Crippen LogP) is 3.65. The Hall–Kier alpha value is -0.530. The molecule has 0 aromatic carbocycles. The molecule has 0 aromatic rings. The highest BCUT2D eigenvalue weighted by atomic mass is 16.5. The molecule has 0 N–H and O–H groups in total. The van der Waals surface area contributed by atoms with Gasteiger partial charge in [-0.3, -0.25) is 4.79 Å². The van der Waals surface area contributed by atoms with Crippen molar-refractivity contribution in [3.05, 3.63) is 0 Å². The summed E-state index contributed by atoms with van der Waals surface area (Å²) in [6.45, 7) is 12.6. The molecule has 90 valence electrons. The minimum absolute atomic E-state index is 0.0453. The first-order chi connectivity index (χ1) is 6.84. The van der Waals surface area contributed by atoms with E-state index in [1.54, 1.807) is 0 Å². The van der Waals surface area contributed by atoms with Gasteiger partial charge < -0.3 is 4.74 Å². The molecule has 15 heavy (non-hydrogen) atoms. The number of hydrogen-bond donors (Lipinski definition) is 0. The molecule has 0 radical (unpaired) electrons. The lowest BCUT2D eigenvalue weighted by atomic mass is 9.96. The highest BCUT2D eigenvalue weighted by molar-refractivity contribution is 5.69. The van der Waals surface area contributed by atoms with Gasteiger partial charge in [-0.2, -0.15) is 0 Å². The molecule has 0 heterocycles. The molecular formula is C13H26O2. The molecule has 0 rings (SSSR count). The smallest absolute Gasteiger partial charge is 0.306 e. The second kappa shape index (κ2) is 6.86. The summed E-state index contributed by atoms with van der Waals surface area (Å²) in [5.41, 5.74) is 0. The Morgan fingerprint density at radius 3 is 1.80 bits per heavy atom. The first-order valence-corrected chi connectivity index (χ1v) is 6.04. The lowest BCUT2D eigenvalue weighted by Gasteiger charge is -2.25. The van der Waals surface area contributed by atoms with E-state index in [0.717, 1.165) is 6.42 Å². The van der Waals surface area contributed by atoms with Crippen molar-refractivity contribution in [1.82, 2.24) is 0 Å². The van der Waals surface area contributed by atoms with Crippen molar-refractivity contribution in [3.63, 3.8) is 0 Å². The second-order valence-electron chi connectivity index (χ2n) is 5.38. The van der Waals surface area contributed by atoms with E-state index in [4.69, 9.17) is 4.74 Å². The highest BCUT2D eigenvalue weighted by Crippen LogP contribution is 2.17. The fraction of sp³-hybridized carbons (Fsp3) is 0.923. The van der Waals surface area contributed by atoms with Crippen LogP contribution in [0.4, 0.5) is 0 Å². The zero-order chi connectivity index (χ0) is 12.0. The Kier molecular flexibility index (Phi) is 6.62. The molecule has 0 atom stereocenters. The van der Waals surface area contributed by atoms with Crippen LogP contribution in [0.15, 0.2) is 0 Å². The van der Waals surface area contributed by atoms with Crippen LogP contribution in [0.5, 0.6) is 0 Å². The molecule has 0 saturated heterocycles. The van der Waals surface area contributed by atoms with Gasteiger partial charge in [0, 0.05) is 6.42 Å². The van der Waals surface area contributed by atoms with Crippen molar-refractivity contribution in [1.29, 1.82) is 0 Å². The van der Waals surface area contributed by atoms with Crippen LogP contribution in [-0.2, 0) is 9.53 Å². The maximum atomic E-state index is 11.5. The lowest BCUT2D eigenvalue weighted by molar-refractivity contribution is -0.154. The molecular weight excluding hydrogens is 188 g/mol. The summed E-state index contributed by atoms with van der Waals surface area (Å²) in [5, 5.41) is 0. The number of rotatable bonds is 6. The standard InChI is InChI=1S/C13H26O2/c1-9(2)7-8-12(14)15-13(10(3)4)11(5)6/h9-11,13H,7-8H2,1-6H3. The van der Waals surface area contributed by atoms with Gasteiger partial charge in [-0.1, -0.05) is 41.5 Å². The van der Waals surface area contributed by atoms with E-state index in [0.29, 0.717) is 24.2 Å². The van der Waals surface area contributed by atoms with Crippen LogP contribution in [0.2, 0.25) is 0 Å². The van der Waals surface area contributed by atoms with Crippen LogP contribution in [0, 0.1) is 17.8 Å². The summed E-state index contributed by atoms with van der Waals surface area (Å²) in [7, 11) is 0. The molecule has 0 aromatic heterocycles. The molecule has 2 nitrogen and oxygen atoms in total. The molecule has 0 fully saturated rings. The molecule has 0 saturated carbocycles. The molecule has 0 aliphatic heterocycles. The van der Waals surface area contributed by atoms with Gasteiger partial charge in [-0.25, -0.2) is 0 Å². The third-order valence-electron chi connectivity index (χ3n) is 2.51. The second-order valence-corrected chi connectivity index (χ2v) is 5.38. The van der Waals surface area contributed by atoms with Crippen LogP contribution in [0.1, 0.15) is 54.4 Å². The normalized spacial score (nSPS) is 11.9. The van der Waals surface area contributed by atoms with Crippen molar-refractivity contribution in [2.45, 2.75) is 60.5 Å². The largest absolute Gasteiger partial charge is 0.462 e. The summed E-state index contributed by atoms with van der Waals surface area (Å²) in [4.78, 5) is 11.5. The van der Waals surface area contributed by atoms with Gasteiger partial charge in [-0.05, 0) is 24.2 Å². The summed E-state index contributed by atoms with van der Waals surface area (Å²) in [5.74, 6) is 1.31. The fourth-order valence-electron chi connectivity index (χ4n) is 1.66. The quantitative estimate of drug-likeness (QED) is 0.631. The molecule has 0 aliphatic rings. The molecule has 0 aliphatic carbocycles. The van der Waals surface area contributed by atoms with Crippen LogP contribution >= 0.6 is 0 Å². The van der Waals surface area contributed by atoms with Crippen LogP contribution in [0.3, 0.4) is 0 Å². The molecule has 2 heteroatoms. The third kappa shape index (κ3) is 6.53. The van der Waals surface area contributed by atoms with E-state index in [-0.39, 0.29) is 12.1 Å². The van der Waals surface area contributed by atoms with Crippen molar-refractivity contribution < 1.29 is 9.53 Å². The average molecular weight is 214 g/mol. The van der Waals surface area contributed by atoms with E-state index < -0.39 is 0 Å². The summed E-state index contributed by atoms with van der Waals surface area (Å²) >= 11 is 0. The first kappa shape index (κ1) is 14.5.